The van der Waals surface area contributed by atoms with Crippen molar-refractivity contribution in [1.82, 2.24) is 4.98 Å². The first-order valence-electron chi connectivity index (χ1n) is 6.54. The number of carbonyl (C=O) groups excluding carboxylic acids is 1. The predicted molar refractivity (Wildman–Crippen MR) is 79.7 cm³/mol. The van der Waals surface area contributed by atoms with Gasteiger partial charge in [0.2, 0.25) is 0 Å². The van der Waals surface area contributed by atoms with E-state index >= 15 is 0 Å². The maximum atomic E-state index is 13.4. The third-order valence-corrected chi connectivity index (χ3v) is 3.74. The Hall–Kier alpha value is -2.07. The van der Waals surface area contributed by atoms with Gasteiger partial charge in [-0.1, -0.05) is 17.7 Å². The first-order valence-corrected chi connectivity index (χ1v) is 6.92. The minimum Gasteiger partial charge on any atom is -0.464 e. The van der Waals surface area contributed by atoms with E-state index in [0.717, 1.165) is 29.7 Å². The average molecular weight is 306 g/mol. The number of hydrogen-bond acceptors (Lipinski definition) is 2. The van der Waals surface area contributed by atoms with Crippen molar-refractivity contribution in [3.8, 4) is 0 Å². The maximum absolute atomic E-state index is 13.4. The van der Waals surface area contributed by atoms with E-state index < -0.39 is 5.97 Å². The van der Waals surface area contributed by atoms with Gasteiger partial charge in [0.1, 0.15) is 11.5 Å². The SMILES string of the molecule is COC(=O)c1cc2c([nH]1)CCC2=Cc1cc(F)cc(Cl)c1. The Bertz CT molecular complexity index is 728. The first kappa shape index (κ1) is 13.9. The summed E-state index contributed by atoms with van der Waals surface area (Å²) in [5.41, 5.74) is 4.19. The van der Waals surface area contributed by atoms with Gasteiger partial charge in [0.15, 0.2) is 0 Å². The fraction of sp³-hybridized carbons (Fsp3) is 0.188. The van der Waals surface area contributed by atoms with E-state index in [0.29, 0.717) is 16.3 Å². The third-order valence-electron chi connectivity index (χ3n) is 3.52. The average Bonchev–Trinajstić information content (AvgIpc) is 2.99. The number of aromatic amines is 1. The minimum absolute atomic E-state index is 0.364. The molecule has 0 amide bonds. The van der Waals surface area contributed by atoms with Gasteiger partial charge < -0.3 is 9.72 Å². The summed E-state index contributed by atoms with van der Waals surface area (Å²) in [6, 6.07) is 6.20. The predicted octanol–water partition coefficient (Wildman–Crippen LogP) is 4.08. The summed E-state index contributed by atoms with van der Waals surface area (Å²) in [4.78, 5) is 14.6. The molecule has 1 aromatic heterocycles. The molecule has 0 spiro atoms. The zero-order valence-electron chi connectivity index (χ0n) is 11.4. The molecule has 2 aromatic rings. The molecule has 3 rings (SSSR count). The standard InChI is InChI=1S/C16H13ClFNO2/c1-21-16(20)15-8-13-10(2-3-14(13)19-15)4-9-5-11(17)7-12(18)6-9/h4-8,19H,2-3H2,1H3. The van der Waals surface area contributed by atoms with Crippen molar-refractivity contribution in [3.63, 3.8) is 0 Å². The lowest BCUT2D eigenvalue weighted by atomic mass is 10.1. The van der Waals surface area contributed by atoms with E-state index in [1.807, 2.05) is 6.08 Å². The summed E-state index contributed by atoms with van der Waals surface area (Å²) in [6.07, 6.45) is 3.56. The number of ether oxygens (including phenoxy) is 1. The van der Waals surface area contributed by atoms with Gasteiger partial charge in [-0.3, -0.25) is 0 Å². The van der Waals surface area contributed by atoms with Crippen LogP contribution < -0.4 is 0 Å². The number of allylic oxidation sites excluding steroid dienone is 1. The van der Waals surface area contributed by atoms with Crippen molar-refractivity contribution < 1.29 is 13.9 Å². The van der Waals surface area contributed by atoms with E-state index in [4.69, 9.17) is 16.3 Å². The number of fused-ring (bicyclic) bond motifs is 1. The maximum Gasteiger partial charge on any atom is 0.354 e. The van der Waals surface area contributed by atoms with Gasteiger partial charge in [-0.25, -0.2) is 9.18 Å². The van der Waals surface area contributed by atoms with Gasteiger partial charge in [0.25, 0.3) is 0 Å². The Kier molecular flexibility index (Phi) is 3.55. The molecule has 0 bridgehead atoms. The molecule has 0 aliphatic heterocycles. The molecule has 1 aliphatic rings. The summed E-state index contributed by atoms with van der Waals surface area (Å²) in [5, 5.41) is 0.365. The highest BCUT2D eigenvalue weighted by atomic mass is 35.5. The van der Waals surface area contributed by atoms with Crippen LogP contribution in [0.5, 0.6) is 0 Å². The van der Waals surface area contributed by atoms with E-state index in [2.05, 4.69) is 4.98 Å². The molecule has 0 saturated carbocycles. The molecule has 0 atom stereocenters. The number of aryl methyl sites for hydroxylation is 1. The highest BCUT2D eigenvalue weighted by molar-refractivity contribution is 6.30. The van der Waals surface area contributed by atoms with Gasteiger partial charge in [-0.2, -0.15) is 0 Å². The molecule has 1 aliphatic carbocycles. The van der Waals surface area contributed by atoms with Crippen LogP contribution in [0, 0.1) is 5.82 Å². The topological polar surface area (TPSA) is 42.1 Å². The van der Waals surface area contributed by atoms with Crippen LogP contribution in [0.4, 0.5) is 4.39 Å². The largest absolute Gasteiger partial charge is 0.464 e. The lowest BCUT2D eigenvalue weighted by molar-refractivity contribution is 0.0594. The second kappa shape index (κ2) is 5.37. The van der Waals surface area contributed by atoms with Crippen LogP contribution in [0.25, 0.3) is 11.6 Å². The van der Waals surface area contributed by atoms with Gasteiger partial charge in [0, 0.05) is 10.7 Å². The van der Waals surface area contributed by atoms with Gasteiger partial charge >= 0.3 is 5.97 Å². The van der Waals surface area contributed by atoms with Crippen LogP contribution >= 0.6 is 11.6 Å². The molecule has 1 aromatic carbocycles. The molecular formula is C16H13ClFNO2. The summed E-state index contributed by atoms with van der Waals surface area (Å²) in [5.74, 6) is -0.755. The van der Waals surface area contributed by atoms with Crippen molar-refractivity contribution >= 4 is 29.2 Å². The summed E-state index contributed by atoms with van der Waals surface area (Å²) >= 11 is 5.86. The van der Waals surface area contributed by atoms with Crippen LogP contribution in [0.15, 0.2) is 24.3 Å². The third kappa shape index (κ3) is 2.72. The molecule has 1 N–H and O–H groups in total. The quantitative estimate of drug-likeness (QED) is 0.849. The number of esters is 1. The number of nitrogens with one attached hydrogen (secondary N) is 1. The molecular weight excluding hydrogens is 293 g/mol. The van der Waals surface area contributed by atoms with Crippen LogP contribution in [-0.4, -0.2) is 18.1 Å². The number of carbonyl (C=O) groups is 1. The first-order chi connectivity index (χ1) is 10.1. The Morgan fingerprint density at radius 1 is 1.33 bits per heavy atom. The number of hydrogen-bond donors (Lipinski definition) is 1. The number of rotatable bonds is 2. The number of halogens is 2. The van der Waals surface area contributed by atoms with E-state index in [9.17, 15) is 9.18 Å². The lowest BCUT2D eigenvalue weighted by Gasteiger charge is -2.00. The molecule has 0 unspecified atom stereocenters. The Balaban J connectivity index is 1.98. The van der Waals surface area contributed by atoms with Crippen molar-refractivity contribution in [2.75, 3.05) is 7.11 Å². The molecule has 21 heavy (non-hydrogen) atoms. The second-order valence-electron chi connectivity index (χ2n) is 4.94. The number of benzene rings is 1. The fourth-order valence-electron chi connectivity index (χ4n) is 2.60. The summed E-state index contributed by atoms with van der Waals surface area (Å²) < 4.78 is 18.1. The molecule has 1 heterocycles. The van der Waals surface area contributed by atoms with Gasteiger partial charge in [-0.05, 0) is 53.8 Å². The molecule has 108 valence electrons. The molecule has 0 radical (unpaired) electrons. The van der Waals surface area contributed by atoms with E-state index in [1.165, 1.54) is 19.2 Å². The molecule has 0 saturated heterocycles. The van der Waals surface area contributed by atoms with Crippen molar-refractivity contribution in [3.05, 3.63) is 57.6 Å². The van der Waals surface area contributed by atoms with E-state index in [-0.39, 0.29) is 5.82 Å². The van der Waals surface area contributed by atoms with Crippen molar-refractivity contribution in [1.29, 1.82) is 0 Å². The summed E-state index contributed by atoms with van der Waals surface area (Å²) in [7, 11) is 1.35. The number of aromatic nitrogens is 1. The van der Waals surface area contributed by atoms with Gasteiger partial charge in [0.05, 0.1) is 7.11 Å². The Labute approximate surface area is 126 Å². The van der Waals surface area contributed by atoms with Crippen LogP contribution in [0.1, 0.15) is 33.7 Å². The normalized spacial score (nSPS) is 15.3. The number of methoxy groups -OCH3 is 1. The smallest absolute Gasteiger partial charge is 0.354 e. The fourth-order valence-corrected chi connectivity index (χ4v) is 2.84. The van der Waals surface area contributed by atoms with Crippen LogP contribution in [-0.2, 0) is 11.2 Å². The van der Waals surface area contributed by atoms with E-state index in [1.54, 1.807) is 12.1 Å². The zero-order valence-corrected chi connectivity index (χ0v) is 12.1. The highest BCUT2D eigenvalue weighted by Crippen LogP contribution is 2.34. The molecule has 5 heteroatoms. The molecule has 3 nitrogen and oxygen atoms in total. The van der Waals surface area contributed by atoms with Gasteiger partial charge in [-0.15, -0.1) is 0 Å². The van der Waals surface area contributed by atoms with Crippen LogP contribution in [0.2, 0.25) is 5.02 Å². The highest BCUT2D eigenvalue weighted by Gasteiger charge is 2.22. The second-order valence-corrected chi connectivity index (χ2v) is 5.38. The Morgan fingerprint density at radius 2 is 2.14 bits per heavy atom. The molecule has 0 fully saturated rings. The number of H-pyrrole nitrogens is 1. The zero-order chi connectivity index (χ0) is 15.0. The summed E-state index contributed by atoms with van der Waals surface area (Å²) in [6.45, 7) is 0. The Morgan fingerprint density at radius 3 is 2.86 bits per heavy atom. The monoisotopic (exact) mass is 305 g/mol. The van der Waals surface area contributed by atoms with Crippen molar-refractivity contribution in [2.24, 2.45) is 0 Å². The lowest BCUT2D eigenvalue weighted by Crippen LogP contribution is -2.01. The van der Waals surface area contributed by atoms with Crippen LogP contribution in [0.3, 0.4) is 0 Å². The van der Waals surface area contributed by atoms with Crippen molar-refractivity contribution in [2.45, 2.75) is 12.8 Å². The minimum atomic E-state index is -0.391.